The van der Waals surface area contributed by atoms with E-state index in [1.54, 1.807) is 19.1 Å². The van der Waals surface area contributed by atoms with Gasteiger partial charge >= 0.3 is 5.97 Å². The minimum absolute atomic E-state index is 0.259. The molecule has 0 amide bonds. The number of carboxylic acids is 1. The van der Waals surface area contributed by atoms with Crippen LogP contribution < -0.4 is 0 Å². The first-order valence-electron chi connectivity index (χ1n) is 3.66. The van der Waals surface area contributed by atoms with Crippen LogP contribution in [0.1, 0.15) is 21.5 Å². The Morgan fingerprint density at radius 2 is 2.23 bits per heavy atom. The highest BCUT2D eigenvalue weighted by molar-refractivity contribution is 5.91. The summed E-state index contributed by atoms with van der Waals surface area (Å²) in [7, 11) is 0. The number of carbonyl (C=O) groups is 1. The van der Waals surface area contributed by atoms with Gasteiger partial charge in [0.2, 0.25) is 0 Å². The van der Waals surface area contributed by atoms with E-state index in [1.807, 2.05) is 0 Å². The van der Waals surface area contributed by atoms with Crippen LogP contribution in [-0.2, 0) is 0 Å². The Bertz CT molecular complexity index is 358. The van der Waals surface area contributed by atoms with E-state index in [2.05, 4.69) is 5.16 Å². The lowest BCUT2D eigenvalue weighted by atomic mass is 10.1. The molecular formula is C9H9NO3. The molecule has 0 heterocycles. The van der Waals surface area contributed by atoms with Crippen molar-refractivity contribution >= 4 is 12.2 Å². The summed E-state index contributed by atoms with van der Waals surface area (Å²) in [6, 6.07) is 4.70. The van der Waals surface area contributed by atoms with Gasteiger partial charge in [0.15, 0.2) is 0 Å². The Hall–Kier alpha value is -1.84. The summed E-state index contributed by atoms with van der Waals surface area (Å²) in [4.78, 5) is 10.6. The fraction of sp³-hybridized carbons (Fsp3) is 0.111. The van der Waals surface area contributed by atoms with Crippen LogP contribution in [0.4, 0.5) is 0 Å². The van der Waals surface area contributed by atoms with Crippen LogP contribution >= 0.6 is 0 Å². The van der Waals surface area contributed by atoms with E-state index >= 15 is 0 Å². The fourth-order valence-corrected chi connectivity index (χ4v) is 1.07. The highest BCUT2D eigenvalue weighted by Gasteiger charge is 2.05. The minimum atomic E-state index is -0.954. The molecule has 1 aromatic rings. The Morgan fingerprint density at radius 3 is 2.69 bits per heavy atom. The van der Waals surface area contributed by atoms with Crippen molar-refractivity contribution in [2.45, 2.75) is 6.92 Å². The molecule has 4 heteroatoms. The third kappa shape index (κ3) is 2.05. The van der Waals surface area contributed by atoms with Crippen molar-refractivity contribution in [3.8, 4) is 0 Å². The zero-order valence-electron chi connectivity index (χ0n) is 7.06. The molecular weight excluding hydrogens is 170 g/mol. The zero-order valence-corrected chi connectivity index (χ0v) is 7.06. The lowest BCUT2D eigenvalue weighted by molar-refractivity contribution is 0.0696. The number of carboxylic acid groups (broad SMARTS) is 1. The molecule has 1 rings (SSSR count). The van der Waals surface area contributed by atoms with Crippen molar-refractivity contribution in [2.24, 2.45) is 5.16 Å². The number of hydrogen-bond acceptors (Lipinski definition) is 3. The van der Waals surface area contributed by atoms with Crippen LogP contribution in [0.3, 0.4) is 0 Å². The van der Waals surface area contributed by atoms with Crippen molar-refractivity contribution < 1.29 is 15.1 Å². The van der Waals surface area contributed by atoms with E-state index in [9.17, 15) is 4.79 Å². The Labute approximate surface area is 75.1 Å². The first kappa shape index (κ1) is 9.25. The minimum Gasteiger partial charge on any atom is -0.478 e. The van der Waals surface area contributed by atoms with E-state index in [0.717, 1.165) is 0 Å². The lowest BCUT2D eigenvalue weighted by Gasteiger charge is -2.00. The van der Waals surface area contributed by atoms with E-state index in [1.165, 1.54) is 12.3 Å². The van der Waals surface area contributed by atoms with E-state index in [0.29, 0.717) is 11.1 Å². The van der Waals surface area contributed by atoms with Crippen molar-refractivity contribution in [3.63, 3.8) is 0 Å². The predicted octanol–water partition coefficient (Wildman–Crippen LogP) is 1.50. The second kappa shape index (κ2) is 3.71. The maximum absolute atomic E-state index is 10.6. The number of nitrogens with zero attached hydrogens (tertiary/aromatic N) is 1. The first-order chi connectivity index (χ1) is 6.15. The molecule has 0 saturated heterocycles. The summed E-state index contributed by atoms with van der Waals surface area (Å²) in [5.41, 5.74) is 1.57. The second-order valence-corrected chi connectivity index (χ2v) is 2.62. The van der Waals surface area contributed by atoms with Crippen molar-refractivity contribution in [1.29, 1.82) is 0 Å². The molecule has 0 unspecified atom stereocenters. The Kier molecular flexibility index (Phi) is 2.64. The molecule has 0 fully saturated rings. The normalized spacial score (nSPS) is 10.5. The summed E-state index contributed by atoms with van der Waals surface area (Å²) in [5, 5.41) is 19.8. The quantitative estimate of drug-likeness (QED) is 0.410. The molecule has 0 bridgehead atoms. The van der Waals surface area contributed by atoms with Crippen LogP contribution in [-0.4, -0.2) is 22.5 Å². The smallest absolute Gasteiger partial charge is 0.335 e. The van der Waals surface area contributed by atoms with Gasteiger partial charge < -0.3 is 10.3 Å². The van der Waals surface area contributed by atoms with Crippen molar-refractivity contribution in [3.05, 3.63) is 34.9 Å². The number of oxime groups is 1. The van der Waals surface area contributed by atoms with Gasteiger partial charge in [-0.1, -0.05) is 11.2 Å². The van der Waals surface area contributed by atoms with Gasteiger partial charge in [0.05, 0.1) is 11.8 Å². The topological polar surface area (TPSA) is 69.9 Å². The average Bonchev–Trinajstić information content (AvgIpc) is 2.04. The molecule has 0 atom stereocenters. The maximum Gasteiger partial charge on any atom is 0.335 e. The lowest BCUT2D eigenvalue weighted by Crippen LogP contribution is -1.99. The molecule has 0 aliphatic rings. The molecule has 0 aliphatic carbocycles. The maximum atomic E-state index is 10.6. The molecule has 68 valence electrons. The zero-order chi connectivity index (χ0) is 9.84. The molecule has 0 aromatic heterocycles. The molecule has 0 spiro atoms. The highest BCUT2D eigenvalue weighted by Crippen LogP contribution is 2.09. The van der Waals surface area contributed by atoms with Gasteiger partial charge in [-0.05, 0) is 30.2 Å². The van der Waals surface area contributed by atoms with Gasteiger partial charge in [-0.2, -0.15) is 0 Å². The average molecular weight is 179 g/mol. The molecule has 4 nitrogen and oxygen atoms in total. The monoisotopic (exact) mass is 179 g/mol. The van der Waals surface area contributed by atoms with Gasteiger partial charge in [0.1, 0.15) is 0 Å². The van der Waals surface area contributed by atoms with Crippen LogP contribution in [0, 0.1) is 6.92 Å². The summed E-state index contributed by atoms with van der Waals surface area (Å²) in [5.74, 6) is -0.954. The standard InChI is InChI=1S/C9H9NO3/c1-6-4-7(5-10-13)2-3-8(6)9(11)12/h2-5,13H,1H3,(H,11,12)/b10-5+. The molecule has 2 N–H and O–H groups in total. The summed E-state index contributed by atoms with van der Waals surface area (Å²) in [6.07, 6.45) is 1.25. The first-order valence-corrected chi connectivity index (χ1v) is 3.66. The van der Waals surface area contributed by atoms with Crippen LogP contribution in [0.2, 0.25) is 0 Å². The number of hydrogen-bond donors (Lipinski definition) is 2. The SMILES string of the molecule is Cc1cc(/C=N/O)ccc1C(=O)O. The third-order valence-electron chi connectivity index (χ3n) is 1.69. The predicted molar refractivity (Wildman–Crippen MR) is 47.5 cm³/mol. The van der Waals surface area contributed by atoms with Gasteiger partial charge in [-0.3, -0.25) is 0 Å². The molecule has 0 aliphatic heterocycles. The van der Waals surface area contributed by atoms with E-state index in [4.69, 9.17) is 10.3 Å². The fourth-order valence-electron chi connectivity index (χ4n) is 1.07. The van der Waals surface area contributed by atoms with Crippen LogP contribution in [0.25, 0.3) is 0 Å². The van der Waals surface area contributed by atoms with Gasteiger partial charge in [-0.25, -0.2) is 4.79 Å². The second-order valence-electron chi connectivity index (χ2n) is 2.62. The number of aryl methyl sites for hydroxylation is 1. The van der Waals surface area contributed by atoms with Gasteiger partial charge in [-0.15, -0.1) is 0 Å². The third-order valence-corrected chi connectivity index (χ3v) is 1.69. The highest BCUT2D eigenvalue weighted by atomic mass is 16.4. The number of benzene rings is 1. The van der Waals surface area contributed by atoms with Crippen molar-refractivity contribution in [1.82, 2.24) is 0 Å². The molecule has 13 heavy (non-hydrogen) atoms. The molecule has 1 aromatic carbocycles. The van der Waals surface area contributed by atoms with Crippen molar-refractivity contribution in [2.75, 3.05) is 0 Å². The Balaban J connectivity index is 3.12. The van der Waals surface area contributed by atoms with Crippen LogP contribution in [0.15, 0.2) is 23.4 Å². The van der Waals surface area contributed by atoms with E-state index in [-0.39, 0.29) is 5.56 Å². The summed E-state index contributed by atoms with van der Waals surface area (Å²) in [6.45, 7) is 1.69. The molecule has 0 radical (unpaired) electrons. The molecule has 0 saturated carbocycles. The van der Waals surface area contributed by atoms with Crippen LogP contribution in [0.5, 0.6) is 0 Å². The summed E-state index contributed by atoms with van der Waals surface area (Å²) < 4.78 is 0. The van der Waals surface area contributed by atoms with Gasteiger partial charge in [0, 0.05) is 0 Å². The Morgan fingerprint density at radius 1 is 1.54 bits per heavy atom. The van der Waals surface area contributed by atoms with E-state index < -0.39 is 5.97 Å². The van der Waals surface area contributed by atoms with Gasteiger partial charge in [0.25, 0.3) is 0 Å². The summed E-state index contributed by atoms with van der Waals surface area (Å²) >= 11 is 0. The number of rotatable bonds is 2. The number of aromatic carboxylic acids is 1. The largest absolute Gasteiger partial charge is 0.478 e.